The SMILES string of the molecule is CN(CCCNC1CCCCC1)Cc1ccc(Cl)cc1. The lowest BCUT2D eigenvalue weighted by Crippen LogP contribution is -2.33. The zero-order valence-electron chi connectivity index (χ0n) is 12.6. The van der Waals surface area contributed by atoms with E-state index >= 15 is 0 Å². The molecule has 3 heteroatoms. The molecule has 0 radical (unpaired) electrons. The minimum Gasteiger partial charge on any atom is -0.314 e. The summed E-state index contributed by atoms with van der Waals surface area (Å²) in [4.78, 5) is 2.38. The molecule has 0 heterocycles. The molecule has 0 unspecified atom stereocenters. The van der Waals surface area contributed by atoms with Gasteiger partial charge in [-0.15, -0.1) is 0 Å². The summed E-state index contributed by atoms with van der Waals surface area (Å²) < 4.78 is 0. The number of benzene rings is 1. The third-order valence-corrected chi connectivity index (χ3v) is 4.37. The molecule has 0 saturated heterocycles. The van der Waals surface area contributed by atoms with Crippen molar-refractivity contribution in [1.29, 1.82) is 0 Å². The number of halogens is 1. The van der Waals surface area contributed by atoms with E-state index in [-0.39, 0.29) is 0 Å². The van der Waals surface area contributed by atoms with Crippen LogP contribution in [-0.4, -0.2) is 31.1 Å². The highest BCUT2D eigenvalue weighted by Gasteiger charge is 2.11. The van der Waals surface area contributed by atoms with Crippen molar-refractivity contribution in [2.24, 2.45) is 0 Å². The van der Waals surface area contributed by atoms with Crippen LogP contribution in [0.2, 0.25) is 5.02 Å². The van der Waals surface area contributed by atoms with E-state index in [9.17, 15) is 0 Å². The van der Waals surface area contributed by atoms with Crippen LogP contribution in [0.1, 0.15) is 44.1 Å². The van der Waals surface area contributed by atoms with E-state index in [4.69, 9.17) is 11.6 Å². The summed E-state index contributed by atoms with van der Waals surface area (Å²) >= 11 is 5.90. The van der Waals surface area contributed by atoms with Crippen molar-refractivity contribution < 1.29 is 0 Å². The molecule has 0 aliphatic heterocycles. The normalized spacial score (nSPS) is 16.8. The molecule has 2 nitrogen and oxygen atoms in total. The molecule has 1 aliphatic carbocycles. The maximum Gasteiger partial charge on any atom is 0.0406 e. The Morgan fingerprint density at radius 3 is 2.55 bits per heavy atom. The third-order valence-electron chi connectivity index (χ3n) is 4.12. The Morgan fingerprint density at radius 1 is 1.15 bits per heavy atom. The topological polar surface area (TPSA) is 15.3 Å². The molecule has 1 fully saturated rings. The highest BCUT2D eigenvalue weighted by molar-refractivity contribution is 6.30. The first-order valence-electron chi connectivity index (χ1n) is 7.90. The Hall–Kier alpha value is -0.570. The lowest BCUT2D eigenvalue weighted by molar-refractivity contribution is 0.308. The second-order valence-electron chi connectivity index (χ2n) is 6.01. The van der Waals surface area contributed by atoms with Gasteiger partial charge in [-0.2, -0.15) is 0 Å². The van der Waals surface area contributed by atoms with E-state index in [1.54, 1.807) is 0 Å². The summed E-state index contributed by atoms with van der Waals surface area (Å²) in [5.41, 5.74) is 1.33. The van der Waals surface area contributed by atoms with Gasteiger partial charge in [0.25, 0.3) is 0 Å². The van der Waals surface area contributed by atoms with Crippen LogP contribution in [0, 0.1) is 0 Å². The average molecular weight is 295 g/mol. The molecule has 0 atom stereocenters. The summed E-state index contributed by atoms with van der Waals surface area (Å²) in [6.45, 7) is 3.29. The predicted octanol–water partition coefficient (Wildman–Crippen LogP) is 4.08. The van der Waals surface area contributed by atoms with E-state index in [1.165, 1.54) is 44.1 Å². The van der Waals surface area contributed by atoms with E-state index < -0.39 is 0 Å². The minimum atomic E-state index is 0.783. The molecular weight excluding hydrogens is 268 g/mol. The van der Waals surface area contributed by atoms with Crippen molar-refractivity contribution >= 4 is 11.6 Å². The zero-order valence-corrected chi connectivity index (χ0v) is 13.3. The maximum atomic E-state index is 5.90. The van der Waals surface area contributed by atoms with Crippen LogP contribution in [0.15, 0.2) is 24.3 Å². The molecule has 1 N–H and O–H groups in total. The lowest BCUT2D eigenvalue weighted by atomic mass is 9.95. The van der Waals surface area contributed by atoms with Gasteiger partial charge in [0, 0.05) is 17.6 Å². The van der Waals surface area contributed by atoms with Gasteiger partial charge in [-0.1, -0.05) is 43.0 Å². The second-order valence-corrected chi connectivity index (χ2v) is 6.44. The molecule has 1 aromatic rings. The number of nitrogens with one attached hydrogen (secondary N) is 1. The lowest BCUT2D eigenvalue weighted by Gasteiger charge is -2.23. The predicted molar refractivity (Wildman–Crippen MR) is 87.3 cm³/mol. The Bertz CT molecular complexity index is 371. The smallest absolute Gasteiger partial charge is 0.0406 e. The van der Waals surface area contributed by atoms with Crippen LogP contribution in [0.4, 0.5) is 0 Å². The zero-order chi connectivity index (χ0) is 14.2. The molecule has 0 bridgehead atoms. The van der Waals surface area contributed by atoms with Crippen molar-refractivity contribution in [3.63, 3.8) is 0 Å². The molecule has 0 amide bonds. The standard InChI is InChI=1S/C17H27ClN2/c1-20(14-15-8-10-16(18)11-9-15)13-5-12-19-17-6-3-2-4-7-17/h8-11,17,19H,2-7,12-14H2,1H3. The van der Waals surface area contributed by atoms with Crippen LogP contribution >= 0.6 is 11.6 Å². The van der Waals surface area contributed by atoms with Gasteiger partial charge in [-0.3, -0.25) is 0 Å². The minimum absolute atomic E-state index is 0.783. The molecule has 1 aromatic carbocycles. The van der Waals surface area contributed by atoms with E-state index in [1.807, 2.05) is 12.1 Å². The van der Waals surface area contributed by atoms with Crippen molar-refractivity contribution in [2.45, 2.75) is 51.1 Å². The molecule has 20 heavy (non-hydrogen) atoms. The van der Waals surface area contributed by atoms with Gasteiger partial charge in [-0.05, 0) is 57.1 Å². The molecule has 2 rings (SSSR count). The van der Waals surface area contributed by atoms with Gasteiger partial charge < -0.3 is 10.2 Å². The van der Waals surface area contributed by atoms with E-state index in [0.29, 0.717) is 0 Å². The highest BCUT2D eigenvalue weighted by Crippen LogP contribution is 2.17. The summed E-state index contributed by atoms with van der Waals surface area (Å²) in [7, 11) is 2.19. The Labute approximate surface area is 128 Å². The quantitative estimate of drug-likeness (QED) is 0.762. The van der Waals surface area contributed by atoms with Crippen LogP contribution in [0.3, 0.4) is 0 Å². The fourth-order valence-corrected chi connectivity index (χ4v) is 3.07. The number of rotatable bonds is 7. The second kappa shape index (κ2) is 8.66. The Balaban J connectivity index is 1.57. The Morgan fingerprint density at radius 2 is 1.85 bits per heavy atom. The van der Waals surface area contributed by atoms with Gasteiger partial charge in [0.1, 0.15) is 0 Å². The number of hydrogen-bond donors (Lipinski definition) is 1. The van der Waals surface area contributed by atoms with Gasteiger partial charge >= 0.3 is 0 Å². The summed E-state index contributed by atoms with van der Waals surface area (Å²) in [5, 5.41) is 4.52. The summed E-state index contributed by atoms with van der Waals surface area (Å²) in [6, 6.07) is 8.94. The highest BCUT2D eigenvalue weighted by atomic mass is 35.5. The monoisotopic (exact) mass is 294 g/mol. The number of nitrogens with zero attached hydrogens (tertiary/aromatic N) is 1. The van der Waals surface area contributed by atoms with Gasteiger partial charge in [0.15, 0.2) is 0 Å². The molecule has 0 spiro atoms. The average Bonchev–Trinajstić information content (AvgIpc) is 2.47. The van der Waals surface area contributed by atoms with Gasteiger partial charge in [0.2, 0.25) is 0 Å². The van der Waals surface area contributed by atoms with Crippen LogP contribution in [0.5, 0.6) is 0 Å². The number of hydrogen-bond acceptors (Lipinski definition) is 2. The molecule has 112 valence electrons. The molecule has 0 aromatic heterocycles. The molecule has 1 saturated carbocycles. The summed E-state index contributed by atoms with van der Waals surface area (Å²) in [6.07, 6.45) is 8.23. The van der Waals surface area contributed by atoms with Crippen molar-refractivity contribution in [1.82, 2.24) is 10.2 Å². The van der Waals surface area contributed by atoms with Crippen LogP contribution in [-0.2, 0) is 6.54 Å². The van der Waals surface area contributed by atoms with Gasteiger partial charge in [-0.25, -0.2) is 0 Å². The van der Waals surface area contributed by atoms with E-state index in [2.05, 4.69) is 29.4 Å². The first-order chi connectivity index (χ1) is 9.74. The van der Waals surface area contributed by atoms with Gasteiger partial charge in [0.05, 0.1) is 0 Å². The fraction of sp³-hybridized carbons (Fsp3) is 0.647. The summed E-state index contributed by atoms with van der Waals surface area (Å²) in [5.74, 6) is 0. The first-order valence-corrected chi connectivity index (χ1v) is 8.28. The van der Waals surface area contributed by atoms with Crippen LogP contribution in [0.25, 0.3) is 0 Å². The van der Waals surface area contributed by atoms with Crippen LogP contribution < -0.4 is 5.32 Å². The molecule has 1 aliphatic rings. The van der Waals surface area contributed by atoms with E-state index in [0.717, 1.165) is 30.7 Å². The van der Waals surface area contributed by atoms with Crippen molar-refractivity contribution in [3.8, 4) is 0 Å². The fourth-order valence-electron chi connectivity index (χ4n) is 2.94. The third kappa shape index (κ3) is 5.82. The maximum absolute atomic E-state index is 5.90. The Kier molecular flexibility index (Phi) is 6.85. The van der Waals surface area contributed by atoms with Crippen molar-refractivity contribution in [2.75, 3.05) is 20.1 Å². The molecular formula is C17H27ClN2. The largest absolute Gasteiger partial charge is 0.314 e. The first kappa shape index (κ1) is 15.8. The van der Waals surface area contributed by atoms with Crippen molar-refractivity contribution in [3.05, 3.63) is 34.9 Å².